The first-order chi connectivity index (χ1) is 38.7. The molecule has 360 valence electrons. The van der Waals surface area contributed by atoms with Gasteiger partial charge in [-0.05, 0) is 177 Å². The monoisotopic (exact) mass is 986 g/mol. The average Bonchev–Trinajstić information content (AvgIpc) is 4.42. The van der Waals surface area contributed by atoms with Gasteiger partial charge in [0.15, 0.2) is 0 Å². The first-order valence-corrected chi connectivity index (χ1v) is 27.5. The third-order valence-corrected chi connectivity index (χ3v) is 18.0. The third kappa shape index (κ3) is 5.65. The lowest BCUT2D eigenvalue weighted by Gasteiger charge is -2.31. The second-order valence-corrected chi connectivity index (χ2v) is 21.7. The van der Waals surface area contributed by atoms with E-state index in [1.165, 1.54) is 166 Å². The van der Waals surface area contributed by atoms with Gasteiger partial charge in [0, 0.05) is 38.4 Å². The molecule has 0 saturated carbocycles. The minimum absolute atomic E-state index is 0.932. The summed E-state index contributed by atoms with van der Waals surface area (Å²) in [4.78, 5) is 5.11. The number of hydrogen-bond acceptors (Lipinski definition) is 2. The zero-order valence-corrected chi connectivity index (χ0v) is 42.6. The maximum atomic E-state index is 2.60. The summed E-state index contributed by atoms with van der Waals surface area (Å²) in [6.07, 6.45) is 1.92. The van der Waals surface area contributed by atoms with Crippen LogP contribution in [-0.4, -0.2) is 0 Å². The molecule has 2 heteroatoms. The summed E-state index contributed by atoms with van der Waals surface area (Å²) >= 11 is 0. The van der Waals surface area contributed by atoms with Crippen molar-refractivity contribution in [2.75, 3.05) is 9.80 Å². The number of nitrogens with zero attached hydrogens (tertiary/aromatic N) is 2. The summed E-state index contributed by atoms with van der Waals surface area (Å²) in [6, 6.07) is 96.0. The smallest absolute Gasteiger partial charge is 0.0540 e. The van der Waals surface area contributed by atoms with Crippen LogP contribution in [0.2, 0.25) is 0 Å². The Morgan fingerprint density at radius 1 is 0.231 bits per heavy atom. The SMILES string of the molecule is c1ccc2c(c1)C1=c3c-2cccc3=C(N(c2ccc(-c3ccc(N(c4ccc5c6c(cccc46)-c4ccccc4-5)c4ccc5c6c(cccc46)-c4ccccc4-5)cc3)cc2)c2ccc3c4c(cccc24)-c2ccccc2-3)CC1. The van der Waals surface area contributed by atoms with Gasteiger partial charge in [0.2, 0.25) is 0 Å². The number of fused-ring (bicyclic) bond motifs is 12. The molecule has 0 fully saturated rings. The Kier molecular flexibility index (Phi) is 8.54. The maximum Gasteiger partial charge on any atom is 0.0540 e. The maximum absolute atomic E-state index is 2.60. The topological polar surface area (TPSA) is 6.48 Å². The first kappa shape index (κ1) is 42.2. The molecule has 2 nitrogen and oxygen atoms in total. The fourth-order valence-corrected chi connectivity index (χ4v) is 14.7. The van der Waals surface area contributed by atoms with Crippen LogP contribution in [0.5, 0.6) is 0 Å². The second kappa shape index (κ2) is 15.8. The van der Waals surface area contributed by atoms with Gasteiger partial charge in [0.1, 0.15) is 0 Å². The fraction of sp³-hybridized carbons (Fsp3) is 0.0263. The standard InChI is InChI=1S/C76H46N2/c1-5-17-53-49(13-1)57-21-9-25-65-69(41-37-61(53)73(57)65)77(70-42-38-62-54-18-6-2-14-50(54)58-22-10-26-66(70)74(58)62)47-33-29-45(30-34-47)46-31-35-48(36-32-46)78(71-43-39-63-55-19-7-3-15-51(55)59-23-11-27-67(71)75(59)63)72-44-40-64-56-20-8-4-16-52(56)60-24-12-28-68(72)76(60)64/h1-39,41-43H,40,44H2. The Morgan fingerprint density at radius 3 is 1.00 bits per heavy atom. The van der Waals surface area contributed by atoms with Crippen molar-refractivity contribution in [3.8, 4) is 89.0 Å². The van der Waals surface area contributed by atoms with Crippen LogP contribution in [0.15, 0.2) is 255 Å². The molecule has 13 aromatic carbocycles. The van der Waals surface area contributed by atoms with E-state index in [1.54, 1.807) is 0 Å². The predicted molar refractivity (Wildman–Crippen MR) is 327 cm³/mol. The van der Waals surface area contributed by atoms with Gasteiger partial charge in [-0.3, -0.25) is 0 Å². The molecular formula is C76H46N2. The Balaban J connectivity index is 0.788. The number of anilines is 5. The molecule has 5 aliphatic rings. The average molecular weight is 987 g/mol. The van der Waals surface area contributed by atoms with Crippen LogP contribution in [0, 0.1) is 0 Å². The molecule has 5 aliphatic carbocycles. The lowest BCUT2D eigenvalue weighted by Crippen LogP contribution is -2.37. The molecule has 0 amide bonds. The molecule has 18 rings (SSSR count). The van der Waals surface area contributed by atoms with Crippen molar-refractivity contribution >= 4 is 72.0 Å². The first-order valence-electron chi connectivity index (χ1n) is 27.5. The van der Waals surface area contributed by atoms with E-state index in [-0.39, 0.29) is 0 Å². The Labute approximate surface area is 452 Å². The molecule has 0 saturated heterocycles. The molecule has 13 aromatic rings. The molecule has 0 atom stereocenters. The van der Waals surface area contributed by atoms with Crippen molar-refractivity contribution in [2.45, 2.75) is 12.8 Å². The lowest BCUT2D eigenvalue weighted by atomic mass is 9.93. The van der Waals surface area contributed by atoms with Gasteiger partial charge in [-0.2, -0.15) is 0 Å². The van der Waals surface area contributed by atoms with Crippen molar-refractivity contribution < 1.29 is 0 Å². The van der Waals surface area contributed by atoms with Crippen LogP contribution >= 0.6 is 0 Å². The Morgan fingerprint density at radius 2 is 0.564 bits per heavy atom. The molecule has 0 heterocycles. The summed E-state index contributed by atoms with van der Waals surface area (Å²) in [7, 11) is 0. The quantitative estimate of drug-likeness (QED) is 0.157. The van der Waals surface area contributed by atoms with Crippen LogP contribution in [0.4, 0.5) is 28.4 Å². The van der Waals surface area contributed by atoms with Crippen molar-refractivity contribution in [3.63, 3.8) is 0 Å². The van der Waals surface area contributed by atoms with Gasteiger partial charge < -0.3 is 9.80 Å². The second-order valence-electron chi connectivity index (χ2n) is 21.7. The fourth-order valence-electron chi connectivity index (χ4n) is 14.7. The molecule has 0 aliphatic heterocycles. The molecule has 0 aromatic heterocycles. The van der Waals surface area contributed by atoms with Crippen LogP contribution in [-0.2, 0) is 0 Å². The van der Waals surface area contributed by atoms with E-state index in [0.717, 1.165) is 24.2 Å². The largest absolute Gasteiger partial charge is 0.313 e. The molecule has 0 spiro atoms. The number of hydrogen-bond donors (Lipinski definition) is 0. The zero-order valence-electron chi connectivity index (χ0n) is 42.6. The van der Waals surface area contributed by atoms with Crippen molar-refractivity contribution in [2.24, 2.45) is 0 Å². The highest BCUT2D eigenvalue weighted by atomic mass is 15.2. The van der Waals surface area contributed by atoms with E-state index in [0.29, 0.717) is 0 Å². The van der Waals surface area contributed by atoms with Crippen molar-refractivity contribution in [3.05, 3.63) is 271 Å². The third-order valence-electron chi connectivity index (χ3n) is 18.0. The highest BCUT2D eigenvalue weighted by Gasteiger charge is 2.31. The van der Waals surface area contributed by atoms with E-state index in [1.807, 2.05) is 0 Å². The van der Waals surface area contributed by atoms with Crippen LogP contribution < -0.4 is 20.2 Å². The number of rotatable bonds is 7. The van der Waals surface area contributed by atoms with Crippen LogP contribution in [0.3, 0.4) is 0 Å². The van der Waals surface area contributed by atoms with Gasteiger partial charge >= 0.3 is 0 Å². The highest BCUT2D eigenvalue weighted by molar-refractivity contribution is 6.23. The summed E-state index contributed by atoms with van der Waals surface area (Å²) in [5.41, 5.74) is 30.8. The summed E-state index contributed by atoms with van der Waals surface area (Å²) in [6.45, 7) is 0. The molecule has 0 radical (unpaired) electrons. The van der Waals surface area contributed by atoms with Gasteiger partial charge in [-0.15, -0.1) is 0 Å². The Bertz CT molecular complexity index is 4740. The van der Waals surface area contributed by atoms with Crippen molar-refractivity contribution in [1.29, 1.82) is 0 Å². The molecule has 0 unspecified atom stereocenters. The highest BCUT2D eigenvalue weighted by Crippen LogP contribution is 2.56. The van der Waals surface area contributed by atoms with Gasteiger partial charge in [-0.1, -0.05) is 212 Å². The molecule has 0 bridgehead atoms. The predicted octanol–water partition coefficient (Wildman–Crippen LogP) is 19.1. The summed E-state index contributed by atoms with van der Waals surface area (Å²) in [5, 5.41) is 10.5. The van der Waals surface area contributed by atoms with E-state index in [4.69, 9.17) is 0 Å². The normalized spacial score (nSPS) is 13.2. The summed E-state index contributed by atoms with van der Waals surface area (Å²) in [5.74, 6) is 0. The van der Waals surface area contributed by atoms with Crippen molar-refractivity contribution in [1.82, 2.24) is 0 Å². The van der Waals surface area contributed by atoms with E-state index >= 15 is 0 Å². The number of benzene rings is 13. The van der Waals surface area contributed by atoms with Crippen LogP contribution in [0.1, 0.15) is 18.4 Å². The van der Waals surface area contributed by atoms with Gasteiger partial charge in [0.25, 0.3) is 0 Å². The minimum atomic E-state index is 0.932. The minimum Gasteiger partial charge on any atom is -0.313 e. The van der Waals surface area contributed by atoms with E-state index < -0.39 is 0 Å². The zero-order chi connectivity index (χ0) is 50.7. The Hall–Kier alpha value is -10.0. The van der Waals surface area contributed by atoms with Gasteiger partial charge in [-0.25, -0.2) is 0 Å². The molecule has 78 heavy (non-hydrogen) atoms. The summed E-state index contributed by atoms with van der Waals surface area (Å²) < 4.78 is 0. The van der Waals surface area contributed by atoms with E-state index in [9.17, 15) is 0 Å². The van der Waals surface area contributed by atoms with Crippen LogP contribution in [0.25, 0.3) is 133 Å². The van der Waals surface area contributed by atoms with E-state index in [2.05, 4.69) is 265 Å². The van der Waals surface area contributed by atoms with Gasteiger partial charge in [0.05, 0.1) is 17.1 Å². The molecular weight excluding hydrogens is 941 g/mol. The molecule has 0 N–H and O–H groups in total. The lowest BCUT2D eigenvalue weighted by molar-refractivity contribution is 1.01.